The fourth-order valence-electron chi connectivity index (χ4n) is 1.89. The van der Waals surface area contributed by atoms with E-state index in [0.29, 0.717) is 6.04 Å². The molecule has 2 nitrogen and oxygen atoms in total. The molecule has 98 valence electrons. The lowest BCUT2D eigenvalue weighted by Crippen LogP contribution is -2.44. The van der Waals surface area contributed by atoms with E-state index in [1.807, 2.05) is 6.08 Å². The van der Waals surface area contributed by atoms with Gasteiger partial charge >= 0.3 is 0 Å². The summed E-state index contributed by atoms with van der Waals surface area (Å²) < 4.78 is 1.19. The van der Waals surface area contributed by atoms with Crippen LogP contribution in [0.5, 0.6) is 0 Å². The smallest absolute Gasteiger partial charge is 0.0702 e. The zero-order chi connectivity index (χ0) is 10.7. The summed E-state index contributed by atoms with van der Waals surface area (Å²) in [6, 6.07) is 4.67. The van der Waals surface area contributed by atoms with Crippen LogP contribution in [0.3, 0.4) is 0 Å². The molecule has 6 heteroatoms. The lowest BCUT2D eigenvalue weighted by Gasteiger charge is -2.32. The van der Waals surface area contributed by atoms with Crippen LogP contribution in [0.2, 0.25) is 0 Å². The Morgan fingerprint density at radius 3 is 2.47 bits per heavy atom. The minimum absolute atomic E-state index is 0. The molecule has 1 aliphatic heterocycles. The summed E-state index contributed by atoms with van der Waals surface area (Å²) in [5.74, 6) is 0. The Bertz CT molecular complexity index is 340. The van der Waals surface area contributed by atoms with Gasteiger partial charge in [-0.05, 0) is 28.1 Å². The van der Waals surface area contributed by atoms with E-state index in [1.165, 1.54) is 8.66 Å². The average Bonchev–Trinajstić information content (AvgIpc) is 2.68. The first kappa shape index (κ1) is 17.4. The number of hydrogen-bond acceptors (Lipinski definition) is 3. The molecule has 0 unspecified atom stereocenters. The molecule has 0 aromatic carbocycles. The summed E-state index contributed by atoms with van der Waals surface area (Å²) in [5.41, 5.74) is 0. The fourth-order valence-corrected chi connectivity index (χ4v) is 3.45. The standard InChI is InChI=1S/C11H15BrN2S.2ClH/c1-2-9(10-3-4-11(12)15-10)14-7-5-13-6-8-14;;/h2-4,9,13H,1,5-8H2;2*1H/t9-;;/m1../s1. The van der Waals surface area contributed by atoms with Gasteiger partial charge in [-0.3, -0.25) is 4.90 Å². The van der Waals surface area contributed by atoms with Crippen LogP contribution in [-0.4, -0.2) is 31.1 Å². The van der Waals surface area contributed by atoms with Gasteiger partial charge in [0.05, 0.1) is 9.83 Å². The number of nitrogens with zero attached hydrogens (tertiary/aromatic N) is 1. The van der Waals surface area contributed by atoms with Crippen molar-refractivity contribution in [2.75, 3.05) is 26.2 Å². The van der Waals surface area contributed by atoms with Crippen LogP contribution in [0, 0.1) is 0 Å². The zero-order valence-electron chi connectivity index (χ0n) is 9.39. The van der Waals surface area contributed by atoms with E-state index in [0.717, 1.165) is 26.2 Å². The van der Waals surface area contributed by atoms with Crippen molar-refractivity contribution in [3.8, 4) is 0 Å². The van der Waals surface area contributed by atoms with Crippen molar-refractivity contribution in [1.82, 2.24) is 10.2 Å². The molecular formula is C11H17BrCl2N2S. The molecule has 1 aromatic rings. The third-order valence-electron chi connectivity index (χ3n) is 2.65. The van der Waals surface area contributed by atoms with E-state index in [2.05, 4.69) is 44.9 Å². The number of hydrogen-bond donors (Lipinski definition) is 1. The van der Waals surface area contributed by atoms with Crippen molar-refractivity contribution in [2.45, 2.75) is 6.04 Å². The van der Waals surface area contributed by atoms with Gasteiger partial charge in [-0.15, -0.1) is 42.7 Å². The number of piperazine rings is 1. The van der Waals surface area contributed by atoms with E-state index < -0.39 is 0 Å². The summed E-state index contributed by atoms with van der Waals surface area (Å²) in [4.78, 5) is 3.85. The van der Waals surface area contributed by atoms with Crippen molar-refractivity contribution in [1.29, 1.82) is 0 Å². The molecule has 1 saturated heterocycles. The minimum Gasteiger partial charge on any atom is -0.314 e. The molecule has 1 aliphatic rings. The van der Waals surface area contributed by atoms with Crippen molar-refractivity contribution in [2.24, 2.45) is 0 Å². The van der Waals surface area contributed by atoms with Gasteiger partial charge in [-0.2, -0.15) is 0 Å². The highest BCUT2D eigenvalue weighted by Crippen LogP contribution is 2.31. The maximum Gasteiger partial charge on any atom is 0.0702 e. The number of rotatable bonds is 3. The minimum atomic E-state index is 0. The molecule has 1 aromatic heterocycles. The molecule has 0 aliphatic carbocycles. The Morgan fingerprint density at radius 1 is 1.35 bits per heavy atom. The second kappa shape index (κ2) is 8.51. The van der Waals surface area contributed by atoms with Crippen molar-refractivity contribution in [3.05, 3.63) is 33.5 Å². The number of halogens is 3. The second-order valence-corrected chi connectivity index (χ2v) is 6.10. The van der Waals surface area contributed by atoms with Crippen LogP contribution in [0.15, 0.2) is 28.6 Å². The van der Waals surface area contributed by atoms with Crippen LogP contribution in [0.4, 0.5) is 0 Å². The predicted octanol–water partition coefficient (Wildman–Crippen LogP) is 3.49. The summed E-state index contributed by atoms with van der Waals surface area (Å²) in [7, 11) is 0. The molecule has 0 spiro atoms. The molecule has 1 atom stereocenters. The fraction of sp³-hybridized carbons (Fsp3) is 0.455. The Labute approximate surface area is 127 Å². The van der Waals surface area contributed by atoms with E-state index in [4.69, 9.17) is 0 Å². The molecule has 0 saturated carbocycles. The van der Waals surface area contributed by atoms with Gasteiger partial charge in [0, 0.05) is 31.1 Å². The quantitative estimate of drug-likeness (QED) is 0.831. The second-order valence-electron chi connectivity index (χ2n) is 3.61. The first-order valence-electron chi connectivity index (χ1n) is 5.14. The van der Waals surface area contributed by atoms with E-state index in [1.54, 1.807) is 11.3 Å². The lowest BCUT2D eigenvalue weighted by molar-refractivity contribution is 0.206. The van der Waals surface area contributed by atoms with Crippen molar-refractivity contribution >= 4 is 52.1 Å². The average molecular weight is 360 g/mol. The molecule has 0 bridgehead atoms. The molecule has 0 radical (unpaired) electrons. The third-order valence-corrected chi connectivity index (χ3v) is 4.35. The van der Waals surface area contributed by atoms with Gasteiger partial charge in [0.2, 0.25) is 0 Å². The molecule has 2 rings (SSSR count). The van der Waals surface area contributed by atoms with Gasteiger partial charge in [-0.1, -0.05) is 6.08 Å². The van der Waals surface area contributed by atoms with Crippen molar-refractivity contribution < 1.29 is 0 Å². The van der Waals surface area contributed by atoms with Crippen molar-refractivity contribution in [3.63, 3.8) is 0 Å². The van der Waals surface area contributed by atoms with E-state index >= 15 is 0 Å². The third kappa shape index (κ3) is 4.54. The summed E-state index contributed by atoms with van der Waals surface area (Å²) in [5, 5.41) is 3.37. The maximum atomic E-state index is 3.95. The Balaban J connectivity index is 0.00000128. The molecule has 2 heterocycles. The highest BCUT2D eigenvalue weighted by Gasteiger charge is 2.20. The van der Waals surface area contributed by atoms with Crippen LogP contribution in [0.25, 0.3) is 0 Å². The van der Waals surface area contributed by atoms with Crippen LogP contribution in [-0.2, 0) is 0 Å². The molecule has 17 heavy (non-hydrogen) atoms. The zero-order valence-corrected chi connectivity index (χ0v) is 13.4. The van der Waals surface area contributed by atoms with Gasteiger partial charge in [-0.25, -0.2) is 0 Å². The summed E-state index contributed by atoms with van der Waals surface area (Å²) in [6.45, 7) is 8.32. The Morgan fingerprint density at radius 2 is 2.00 bits per heavy atom. The predicted molar refractivity (Wildman–Crippen MR) is 83.9 cm³/mol. The number of nitrogens with one attached hydrogen (secondary N) is 1. The van der Waals surface area contributed by atoms with Gasteiger partial charge in [0.1, 0.15) is 0 Å². The highest BCUT2D eigenvalue weighted by atomic mass is 79.9. The number of thiophene rings is 1. The normalized spacial score (nSPS) is 17.7. The highest BCUT2D eigenvalue weighted by molar-refractivity contribution is 9.11. The van der Waals surface area contributed by atoms with Gasteiger partial charge in [0.25, 0.3) is 0 Å². The van der Waals surface area contributed by atoms with E-state index in [9.17, 15) is 0 Å². The van der Waals surface area contributed by atoms with Crippen LogP contribution in [0.1, 0.15) is 10.9 Å². The largest absolute Gasteiger partial charge is 0.314 e. The molecular weight excluding hydrogens is 343 g/mol. The molecule has 0 amide bonds. The first-order valence-corrected chi connectivity index (χ1v) is 6.75. The van der Waals surface area contributed by atoms with E-state index in [-0.39, 0.29) is 24.8 Å². The Kier molecular flexibility index (Phi) is 8.72. The summed E-state index contributed by atoms with van der Waals surface area (Å²) in [6.07, 6.45) is 2.05. The van der Waals surface area contributed by atoms with Crippen LogP contribution < -0.4 is 5.32 Å². The monoisotopic (exact) mass is 358 g/mol. The molecule has 1 fully saturated rings. The topological polar surface area (TPSA) is 15.3 Å². The SMILES string of the molecule is C=C[C@H](c1ccc(Br)s1)N1CCNCC1.Cl.Cl. The first-order chi connectivity index (χ1) is 7.31. The molecule has 1 N–H and O–H groups in total. The summed E-state index contributed by atoms with van der Waals surface area (Å²) >= 11 is 5.30. The lowest BCUT2D eigenvalue weighted by atomic mass is 10.2. The maximum absolute atomic E-state index is 3.95. The Hall–Kier alpha value is 0.420. The van der Waals surface area contributed by atoms with Gasteiger partial charge in [0.15, 0.2) is 0 Å². The van der Waals surface area contributed by atoms with Crippen LogP contribution >= 0.6 is 52.1 Å². The van der Waals surface area contributed by atoms with Gasteiger partial charge < -0.3 is 5.32 Å².